The van der Waals surface area contributed by atoms with Crippen LogP contribution in [0.4, 0.5) is 42.9 Å². The number of hydrogen-bond donors (Lipinski definition) is 0. The van der Waals surface area contributed by atoms with Gasteiger partial charge in [0.15, 0.2) is 0 Å². The maximum atomic E-state index is 15.0. The molecule has 12 aromatic carbocycles. The Morgan fingerprint density at radius 3 is 0.763 bits per heavy atom. The van der Waals surface area contributed by atoms with E-state index in [2.05, 4.69) is 223 Å². The third kappa shape index (κ3) is 9.15. The highest BCUT2D eigenvalue weighted by atomic mass is 19.1. The molecule has 4 heteroatoms. The standard InChI is InChI=1S/C72H58F2N2/c1-43-25-44(2)30-53(29-43)57-37-58(54-31-45(3)26-46(4)32-54)40-65(39-57)75(63-17-13-61(73)14-18-63)69-23-11-51-10-22-68-70(24-12-52-9-21-67(69)71(51)72(52)68)76(64-19-15-62(74)16-20-64)66-41-59(55-33-47(5)27-48(6)34-55)38-60(42-66)56-35-49(7)28-50(8)36-56/h9-42H,1-8H3. The van der Waals surface area contributed by atoms with E-state index in [4.69, 9.17) is 0 Å². The highest BCUT2D eigenvalue weighted by molar-refractivity contribution is 6.28. The number of aryl methyl sites for hydroxylation is 8. The molecule has 12 rings (SSSR count). The van der Waals surface area contributed by atoms with Crippen molar-refractivity contribution in [3.05, 3.63) is 262 Å². The van der Waals surface area contributed by atoms with Gasteiger partial charge in [-0.15, -0.1) is 0 Å². The quantitative estimate of drug-likeness (QED) is 0.126. The van der Waals surface area contributed by atoms with Crippen molar-refractivity contribution in [1.82, 2.24) is 0 Å². The molecule has 0 saturated heterocycles. The van der Waals surface area contributed by atoms with Crippen molar-refractivity contribution >= 4 is 66.4 Å². The maximum Gasteiger partial charge on any atom is 0.123 e. The molecule has 0 unspecified atom stereocenters. The third-order valence-corrected chi connectivity index (χ3v) is 14.8. The van der Waals surface area contributed by atoms with Crippen LogP contribution < -0.4 is 9.80 Å². The molecule has 12 aromatic rings. The van der Waals surface area contributed by atoms with Crippen molar-refractivity contribution in [3.8, 4) is 44.5 Å². The zero-order chi connectivity index (χ0) is 52.5. The van der Waals surface area contributed by atoms with E-state index >= 15 is 8.78 Å². The summed E-state index contributed by atoms with van der Waals surface area (Å²) in [5.74, 6) is -0.587. The van der Waals surface area contributed by atoms with Gasteiger partial charge in [0.25, 0.3) is 0 Å². The van der Waals surface area contributed by atoms with Gasteiger partial charge in [0, 0.05) is 33.5 Å². The number of anilines is 6. The van der Waals surface area contributed by atoms with Crippen molar-refractivity contribution in [2.75, 3.05) is 9.80 Å². The van der Waals surface area contributed by atoms with Crippen LogP contribution in [0.5, 0.6) is 0 Å². The van der Waals surface area contributed by atoms with E-state index in [0.29, 0.717) is 0 Å². The van der Waals surface area contributed by atoms with E-state index in [1.807, 2.05) is 24.3 Å². The van der Waals surface area contributed by atoms with E-state index in [1.54, 1.807) is 24.3 Å². The van der Waals surface area contributed by atoms with E-state index in [9.17, 15) is 0 Å². The van der Waals surface area contributed by atoms with Crippen LogP contribution in [0.2, 0.25) is 0 Å². The number of halogens is 2. The Morgan fingerprint density at radius 1 is 0.237 bits per heavy atom. The summed E-state index contributed by atoms with van der Waals surface area (Å²) in [5.41, 5.74) is 24.0. The predicted octanol–water partition coefficient (Wildman–Crippen LogP) is 20.9. The Bertz CT molecular complexity index is 3730. The Hall–Kier alpha value is -8.86. The average Bonchev–Trinajstić information content (AvgIpc) is 3.55. The Morgan fingerprint density at radius 2 is 0.487 bits per heavy atom. The smallest absolute Gasteiger partial charge is 0.123 e. The molecule has 0 aromatic heterocycles. The minimum absolute atomic E-state index is 0.294. The van der Waals surface area contributed by atoms with Crippen molar-refractivity contribution in [3.63, 3.8) is 0 Å². The molecular weight excluding hydrogens is 931 g/mol. The fourth-order valence-corrected chi connectivity index (χ4v) is 11.9. The summed E-state index contributed by atoms with van der Waals surface area (Å²) in [6.45, 7) is 17.2. The Balaban J connectivity index is 1.11. The summed E-state index contributed by atoms with van der Waals surface area (Å²) < 4.78 is 30.0. The van der Waals surface area contributed by atoms with Gasteiger partial charge in [-0.25, -0.2) is 8.78 Å². The second-order valence-electron chi connectivity index (χ2n) is 21.3. The highest BCUT2D eigenvalue weighted by Crippen LogP contribution is 2.49. The van der Waals surface area contributed by atoms with Crippen molar-refractivity contribution in [2.24, 2.45) is 0 Å². The first-order chi connectivity index (χ1) is 36.7. The summed E-state index contributed by atoms with van der Waals surface area (Å²) in [6.07, 6.45) is 0. The second-order valence-corrected chi connectivity index (χ2v) is 21.3. The van der Waals surface area contributed by atoms with E-state index in [1.165, 1.54) is 44.5 Å². The average molecular weight is 989 g/mol. The Labute approximate surface area is 445 Å². The molecule has 2 nitrogen and oxygen atoms in total. The molecule has 76 heavy (non-hydrogen) atoms. The van der Waals surface area contributed by atoms with Gasteiger partial charge < -0.3 is 9.80 Å². The van der Waals surface area contributed by atoms with Crippen LogP contribution >= 0.6 is 0 Å². The summed E-state index contributed by atoms with van der Waals surface area (Å²) in [6, 6.07) is 72.2. The monoisotopic (exact) mass is 988 g/mol. The molecular formula is C72H58F2N2. The van der Waals surface area contributed by atoms with Crippen molar-refractivity contribution in [2.45, 2.75) is 55.4 Å². The molecule has 0 N–H and O–H groups in total. The summed E-state index contributed by atoms with van der Waals surface area (Å²) in [4.78, 5) is 4.59. The summed E-state index contributed by atoms with van der Waals surface area (Å²) in [7, 11) is 0. The topological polar surface area (TPSA) is 6.48 Å². The highest BCUT2D eigenvalue weighted by Gasteiger charge is 2.24. The maximum absolute atomic E-state index is 15.0. The summed E-state index contributed by atoms with van der Waals surface area (Å²) in [5, 5.41) is 6.58. The molecule has 0 heterocycles. The van der Waals surface area contributed by atoms with Gasteiger partial charge in [0.2, 0.25) is 0 Å². The third-order valence-electron chi connectivity index (χ3n) is 14.8. The number of nitrogens with zero attached hydrogens (tertiary/aromatic N) is 2. The van der Waals surface area contributed by atoms with Crippen LogP contribution in [0.15, 0.2) is 206 Å². The fourth-order valence-electron chi connectivity index (χ4n) is 11.9. The van der Waals surface area contributed by atoms with Crippen molar-refractivity contribution < 1.29 is 8.78 Å². The SMILES string of the molecule is Cc1cc(C)cc(-c2cc(-c3cc(C)cc(C)c3)cc(N(c3ccc(F)cc3)c3ccc4ccc5c(N(c6ccc(F)cc6)c6cc(-c7cc(C)cc(C)c7)cc(-c7cc(C)cc(C)c7)c6)ccc6ccc3c4c65)c2)c1. The van der Waals surface area contributed by atoms with Crippen LogP contribution in [0.1, 0.15) is 44.5 Å². The predicted molar refractivity (Wildman–Crippen MR) is 319 cm³/mol. The molecule has 0 atom stereocenters. The second kappa shape index (κ2) is 19.1. The van der Waals surface area contributed by atoms with Gasteiger partial charge in [-0.3, -0.25) is 0 Å². The van der Waals surface area contributed by atoms with Crippen LogP contribution in [-0.4, -0.2) is 0 Å². The first-order valence-electron chi connectivity index (χ1n) is 26.1. The van der Waals surface area contributed by atoms with Gasteiger partial charge >= 0.3 is 0 Å². The van der Waals surface area contributed by atoms with Crippen LogP contribution in [0.25, 0.3) is 76.8 Å². The number of benzene rings is 12. The lowest BCUT2D eigenvalue weighted by Crippen LogP contribution is -2.12. The lowest BCUT2D eigenvalue weighted by atomic mass is 9.91. The van der Waals surface area contributed by atoms with E-state index in [0.717, 1.165) is 111 Å². The molecule has 0 aliphatic carbocycles. The molecule has 0 saturated carbocycles. The minimum atomic E-state index is -0.294. The molecule has 370 valence electrons. The first-order valence-corrected chi connectivity index (χ1v) is 26.1. The molecule has 0 spiro atoms. The fraction of sp³-hybridized carbons (Fsp3) is 0.111. The molecule has 0 aliphatic rings. The number of hydrogen-bond acceptors (Lipinski definition) is 2. The van der Waals surface area contributed by atoms with Crippen LogP contribution in [0.3, 0.4) is 0 Å². The number of rotatable bonds is 10. The van der Waals surface area contributed by atoms with E-state index in [-0.39, 0.29) is 11.6 Å². The summed E-state index contributed by atoms with van der Waals surface area (Å²) >= 11 is 0. The molecule has 0 aliphatic heterocycles. The van der Waals surface area contributed by atoms with E-state index < -0.39 is 0 Å². The lowest BCUT2D eigenvalue weighted by Gasteiger charge is -2.30. The van der Waals surface area contributed by atoms with Gasteiger partial charge in [-0.05, 0) is 219 Å². The first kappa shape index (κ1) is 48.1. The molecule has 0 fully saturated rings. The molecule has 0 amide bonds. The van der Waals surface area contributed by atoms with Gasteiger partial charge in [0.1, 0.15) is 11.6 Å². The van der Waals surface area contributed by atoms with Crippen molar-refractivity contribution in [1.29, 1.82) is 0 Å². The van der Waals surface area contributed by atoms with Gasteiger partial charge in [0.05, 0.1) is 11.4 Å². The largest absolute Gasteiger partial charge is 0.310 e. The van der Waals surface area contributed by atoms with Crippen LogP contribution in [0, 0.1) is 67.0 Å². The lowest BCUT2D eigenvalue weighted by molar-refractivity contribution is 0.627. The Kier molecular flexibility index (Phi) is 12.1. The van der Waals surface area contributed by atoms with Gasteiger partial charge in [-0.1, -0.05) is 154 Å². The molecule has 0 bridgehead atoms. The normalized spacial score (nSPS) is 11.6. The zero-order valence-electron chi connectivity index (χ0n) is 44.3. The zero-order valence-corrected chi connectivity index (χ0v) is 44.3. The molecule has 0 radical (unpaired) electrons. The minimum Gasteiger partial charge on any atom is -0.310 e. The van der Waals surface area contributed by atoms with Crippen LogP contribution in [-0.2, 0) is 0 Å². The van der Waals surface area contributed by atoms with Gasteiger partial charge in [-0.2, -0.15) is 0 Å².